The zero-order chi connectivity index (χ0) is 14.9. The minimum absolute atomic E-state index is 0.266. The third kappa shape index (κ3) is 5.24. The summed E-state index contributed by atoms with van der Waals surface area (Å²) in [5.74, 6) is 0. The predicted molar refractivity (Wildman–Crippen MR) is 91.4 cm³/mol. The van der Waals surface area contributed by atoms with Gasteiger partial charge in [0.15, 0.2) is 0 Å². The van der Waals surface area contributed by atoms with Gasteiger partial charge in [0.25, 0.3) is 0 Å². The molecule has 0 aliphatic carbocycles. The number of allylic oxidation sites excluding steroid dienone is 1. The van der Waals surface area contributed by atoms with Crippen LogP contribution in [0.5, 0.6) is 0 Å². The van der Waals surface area contributed by atoms with E-state index >= 15 is 0 Å². The number of benzene rings is 2. The van der Waals surface area contributed by atoms with Gasteiger partial charge in [-0.25, -0.2) is 0 Å². The molecule has 1 aliphatic rings. The van der Waals surface area contributed by atoms with Crippen LogP contribution in [0.1, 0.15) is 18.1 Å². The van der Waals surface area contributed by atoms with Crippen molar-refractivity contribution in [3.8, 4) is 0 Å². The lowest BCUT2D eigenvalue weighted by Gasteiger charge is -2.02. The summed E-state index contributed by atoms with van der Waals surface area (Å²) in [7, 11) is 0. The van der Waals surface area contributed by atoms with Crippen LogP contribution in [0.25, 0.3) is 6.08 Å². The highest BCUT2D eigenvalue weighted by Gasteiger charge is 1.96. The van der Waals surface area contributed by atoms with E-state index < -0.39 is 0 Å². The Labute approximate surface area is 126 Å². The molecule has 3 heteroatoms. The third-order valence-electron chi connectivity index (χ3n) is 2.98. The Morgan fingerprint density at radius 1 is 1.05 bits per heavy atom. The van der Waals surface area contributed by atoms with Crippen LogP contribution in [0.3, 0.4) is 0 Å². The number of hydrogen-bond donors (Lipinski definition) is 2. The summed E-state index contributed by atoms with van der Waals surface area (Å²) in [5.41, 5.74) is 12.1. The van der Waals surface area contributed by atoms with Crippen molar-refractivity contribution in [2.24, 2.45) is 10.8 Å². The Morgan fingerprint density at radius 2 is 1.76 bits per heavy atom. The van der Waals surface area contributed by atoms with Crippen LogP contribution in [-0.2, 0) is 6.42 Å². The summed E-state index contributed by atoms with van der Waals surface area (Å²) >= 11 is 0. The van der Waals surface area contributed by atoms with Gasteiger partial charge in [0.1, 0.15) is 0 Å². The number of hydrogen-bond acceptors (Lipinski definition) is 3. The lowest BCUT2D eigenvalue weighted by molar-refractivity contribution is 0.738. The molecule has 1 atom stereocenters. The summed E-state index contributed by atoms with van der Waals surface area (Å²) in [6, 6.07) is 18.6. The number of nitrogens with zero attached hydrogens (tertiary/aromatic N) is 1. The van der Waals surface area contributed by atoms with E-state index in [2.05, 4.69) is 22.7 Å². The minimum Gasteiger partial charge on any atom is -0.328 e. The highest BCUT2D eigenvalue weighted by molar-refractivity contribution is 5.83. The van der Waals surface area contributed by atoms with Gasteiger partial charge in [-0.2, -0.15) is 5.10 Å². The molecule has 2 aromatic rings. The summed E-state index contributed by atoms with van der Waals surface area (Å²) in [5, 5.41) is 3.95. The molecule has 0 aromatic heterocycles. The summed E-state index contributed by atoms with van der Waals surface area (Å²) in [4.78, 5) is 0. The SMILES string of the molecule is C1=Cc2ccccc2NN=C1.CC(N)Cc1ccccc1. The average molecular weight is 279 g/mol. The van der Waals surface area contributed by atoms with E-state index in [4.69, 9.17) is 5.73 Å². The topological polar surface area (TPSA) is 50.4 Å². The van der Waals surface area contributed by atoms with Gasteiger partial charge in [0, 0.05) is 12.3 Å². The number of nitrogens with one attached hydrogen (secondary N) is 1. The molecule has 0 radical (unpaired) electrons. The molecular weight excluding hydrogens is 258 g/mol. The first-order valence-corrected chi connectivity index (χ1v) is 7.10. The van der Waals surface area contributed by atoms with Gasteiger partial charge >= 0.3 is 0 Å². The van der Waals surface area contributed by atoms with E-state index in [0.29, 0.717) is 0 Å². The van der Waals surface area contributed by atoms with Crippen molar-refractivity contribution in [3.05, 3.63) is 71.8 Å². The van der Waals surface area contributed by atoms with Crippen LogP contribution in [0.2, 0.25) is 0 Å². The fourth-order valence-electron chi connectivity index (χ4n) is 2.03. The number of anilines is 1. The molecule has 0 bridgehead atoms. The van der Waals surface area contributed by atoms with Gasteiger partial charge in [-0.1, -0.05) is 54.6 Å². The van der Waals surface area contributed by atoms with Crippen LogP contribution in [0, 0.1) is 0 Å². The molecule has 21 heavy (non-hydrogen) atoms. The predicted octanol–water partition coefficient (Wildman–Crippen LogP) is 3.69. The van der Waals surface area contributed by atoms with E-state index in [1.54, 1.807) is 6.21 Å². The maximum absolute atomic E-state index is 5.62. The molecule has 1 aliphatic heterocycles. The number of nitrogens with two attached hydrogens (primary N) is 1. The summed E-state index contributed by atoms with van der Waals surface area (Å²) in [6.45, 7) is 2.02. The molecular formula is C18H21N3. The summed E-state index contributed by atoms with van der Waals surface area (Å²) < 4.78 is 0. The molecule has 0 spiro atoms. The first kappa shape index (κ1) is 15.0. The zero-order valence-electron chi connectivity index (χ0n) is 12.2. The fraction of sp³-hybridized carbons (Fsp3) is 0.167. The lowest BCUT2D eigenvalue weighted by Crippen LogP contribution is -2.17. The van der Waals surface area contributed by atoms with Crippen molar-refractivity contribution >= 4 is 18.0 Å². The quantitative estimate of drug-likeness (QED) is 0.881. The van der Waals surface area contributed by atoms with Crippen molar-refractivity contribution in [3.63, 3.8) is 0 Å². The molecule has 3 rings (SSSR count). The zero-order valence-corrected chi connectivity index (χ0v) is 12.2. The minimum atomic E-state index is 0.266. The van der Waals surface area contributed by atoms with Gasteiger partial charge in [0.2, 0.25) is 0 Å². The van der Waals surface area contributed by atoms with Crippen molar-refractivity contribution < 1.29 is 0 Å². The Kier molecular flexibility index (Phi) is 5.73. The highest BCUT2D eigenvalue weighted by Crippen LogP contribution is 2.17. The van der Waals surface area contributed by atoms with E-state index in [-0.39, 0.29) is 6.04 Å². The molecule has 1 heterocycles. The standard InChI is InChI=1S/C9H8N2.C9H13N/c1-2-6-9-8(4-1)5-3-7-10-11-9;1-8(10)7-9-5-3-2-4-6-9/h1-7,11H;2-6,8H,7,10H2,1H3. The molecule has 0 fully saturated rings. The summed E-state index contributed by atoms with van der Waals surface area (Å²) in [6.07, 6.45) is 6.65. The van der Waals surface area contributed by atoms with Crippen LogP contribution in [-0.4, -0.2) is 12.3 Å². The Morgan fingerprint density at radius 3 is 2.52 bits per heavy atom. The molecule has 3 N–H and O–H groups in total. The smallest absolute Gasteiger partial charge is 0.0634 e. The number of para-hydroxylation sites is 1. The van der Waals surface area contributed by atoms with Crippen molar-refractivity contribution in [2.75, 3.05) is 5.43 Å². The van der Waals surface area contributed by atoms with Crippen LogP contribution < -0.4 is 11.2 Å². The first-order chi connectivity index (χ1) is 10.3. The van der Waals surface area contributed by atoms with Crippen molar-refractivity contribution in [2.45, 2.75) is 19.4 Å². The second kappa shape index (κ2) is 8.02. The first-order valence-electron chi connectivity index (χ1n) is 7.10. The molecule has 3 nitrogen and oxygen atoms in total. The fourth-order valence-corrected chi connectivity index (χ4v) is 2.03. The monoisotopic (exact) mass is 279 g/mol. The van der Waals surface area contributed by atoms with E-state index in [0.717, 1.165) is 12.1 Å². The Hall–Kier alpha value is -2.39. The molecule has 108 valence electrons. The molecule has 2 aromatic carbocycles. The second-order valence-corrected chi connectivity index (χ2v) is 5.00. The van der Waals surface area contributed by atoms with Crippen LogP contribution >= 0.6 is 0 Å². The van der Waals surface area contributed by atoms with E-state index in [9.17, 15) is 0 Å². The van der Waals surface area contributed by atoms with Gasteiger partial charge in [-0.15, -0.1) is 0 Å². The van der Waals surface area contributed by atoms with E-state index in [1.807, 2.05) is 61.5 Å². The van der Waals surface area contributed by atoms with Gasteiger partial charge < -0.3 is 5.73 Å². The average Bonchev–Trinajstić information content (AvgIpc) is 2.73. The van der Waals surface area contributed by atoms with Crippen LogP contribution in [0.15, 0.2) is 65.8 Å². The van der Waals surface area contributed by atoms with Crippen molar-refractivity contribution in [1.29, 1.82) is 0 Å². The normalized spacial score (nSPS) is 13.2. The van der Waals surface area contributed by atoms with E-state index in [1.165, 1.54) is 11.1 Å². The molecule has 0 saturated heterocycles. The van der Waals surface area contributed by atoms with Gasteiger partial charge in [0.05, 0.1) is 5.69 Å². The lowest BCUT2D eigenvalue weighted by atomic mass is 10.1. The van der Waals surface area contributed by atoms with Gasteiger partial charge in [-0.3, -0.25) is 5.43 Å². The maximum Gasteiger partial charge on any atom is 0.0634 e. The molecule has 0 amide bonds. The molecule has 0 saturated carbocycles. The second-order valence-electron chi connectivity index (χ2n) is 5.00. The maximum atomic E-state index is 5.62. The van der Waals surface area contributed by atoms with Crippen LogP contribution in [0.4, 0.5) is 5.69 Å². The number of fused-ring (bicyclic) bond motifs is 1. The number of hydrazone groups is 1. The molecule has 1 unspecified atom stereocenters. The van der Waals surface area contributed by atoms with Crippen molar-refractivity contribution in [1.82, 2.24) is 0 Å². The Bertz CT molecular complexity index is 601. The highest BCUT2D eigenvalue weighted by atomic mass is 15.3. The van der Waals surface area contributed by atoms with Gasteiger partial charge in [-0.05, 0) is 36.6 Å². The number of rotatable bonds is 2. The largest absolute Gasteiger partial charge is 0.328 e. The third-order valence-corrected chi connectivity index (χ3v) is 2.98. The Balaban J connectivity index is 0.000000155.